The molecule has 0 spiro atoms. The fraction of sp³-hybridized carbons (Fsp3) is 0.647. The molecule has 0 aromatic heterocycles. The second-order valence-electron chi connectivity index (χ2n) is 9.36. The van der Waals surface area contributed by atoms with Gasteiger partial charge in [0.1, 0.15) is 18.8 Å². The van der Waals surface area contributed by atoms with E-state index >= 15 is 0 Å². The molecule has 0 fully saturated rings. The van der Waals surface area contributed by atoms with Gasteiger partial charge in [0, 0.05) is 12.8 Å². The number of hydrogen-bond acceptors (Lipinski definition) is 3. The summed E-state index contributed by atoms with van der Waals surface area (Å²) in [6.07, 6.45) is 34.0. The average Bonchev–Trinajstić information content (AvgIpc) is 2.90. The summed E-state index contributed by atoms with van der Waals surface area (Å²) in [5, 5.41) is 27.4. The Balaban J connectivity index is 3.35. The van der Waals surface area contributed by atoms with Crippen molar-refractivity contribution in [2.45, 2.75) is 134 Å². The van der Waals surface area contributed by atoms with Crippen molar-refractivity contribution < 1.29 is 15.3 Å². The molecule has 0 aliphatic carbocycles. The summed E-state index contributed by atoms with van der Waals surface area (Å²) in [5.74, 6) is 19.0. The van der Waals surface area contributed by atoms with E-state index in [1.807, 2.05) is 6.08 Å². The van der Waals surface area contributed by atoms with Crippen LogP contribution in [0.4, 0.5) is 0 Å². The van der Waals surface area contributed by atoms with Gasteiger partial charge in [0.05, 0.1) is 0 Å². The minimum absolute atomic E-state index is 0.200. The molecule has 0 saturated carbocycles. The number of rotatable bonds is 21. The first-order valence-electron chi connectivity index (χ1n) is 14.4. The lowest BCUT2D eigenvalue weighted by molar-refractivity contribution is 0.217. The smallest absolute Gasteiger partial charge is 0.133 e. The first-order valence-corrected chi connectivity index (χ1v) is 14.4. The Hall–Kier alpha value is -2.40. The molecule has 0 aromatic carbocycles. The van der Waals surface area contributed by atoms with Gasteiger partial charge in [-0.2, -0.15) is 0 Å². The van der Waals surface area contributed by atoms with Gasteiger partial charge in [-0.15, -0.1) is 18.3 Å². The summed E-state index contributed by atoms with van der Waals surface area (Å²) in [7, 11) is 0. The molecule has 37 heavy (non-hydrogen) atoms. The van der Waals surface area contributed by atoms with Crippen molar-refractivity contribution in [1.29, 1.82) is 0 Å². The van der Waals surface area contributed by atoms with Crippen LogP contribution in [0.5, 0.6) is 0 Å². The van der Waals surface area contributed by atoms with Crippen molar-refractivity contribution >= 4 is 0 Å². The normalized spacial score (nSPS) is 12.2. The van der Waals surface area contributed by atoms with Crippen LogP contribution in [0.15, 0.2) is 24.3 Å². The lowest BCUT2D eigenvalue weighted by Gasteiger charge is -2.01. The highest BCUT2D eigenvalue weighted by molar-refractivity contribution is 5.27. The summed E-state index contributed by atoms with van der Waals surface area (Å²) in [4.78, 5) is 0. The zero-order chi connectivity index (χ0) is 27.1. The third-order valence-electron chi connectivity index (χ3n) is 5.94. The molecule has 3 N–H and O–H groups in total. The van der Waals surface area contributed by atoms with Crippen LogP contribution in [-0.4, -0.2) is 34.1 Å². The first kappa shape index (κ1) is 34.6. The molecular formula is C34H50O3. The third-order valence-corrected chi connectivity index (χ3v) is 5.94. The van der Waals surface area contributed by atoms with Crippen LogP contribution in [0.3, 0.4) is 0 Å². The summed E-state index contributed by atoms with van der Waals surface area (Å²) in [6.45, 7) is -0.200. The summed E-state index contributed by atoms with van der Waals surface area (Å²) < 4.78 is 0. The molecule has 0 aliphatic heterocycles. The Morgan fingerprint density at radius 3 is 1.70 bits per heavy atom. The molecule has 0 saturated heterocycles. The van der Waals surface area contributed by atoms with Gasteiger partial charge in [-0.3, -0.25) is 0 Å². The number of aliphatic hydroxyl groups is 3. The highest BCUT2D eigenvalue weighted by Crippen LogP contribution is 2.11. The van der Waals surface area contributed by atoms with E-state index in [9.17, 15) is 10.2 Å². The maximum Gasteiger partial charge on any atom is 0.133 e. The molecule has 0 aromatic rings. The third kappa shape index (κ3) is 29.7. The lowest BCUT2D eigenvalue weighted by Crippen LogP contribution is -2.01. The predicted molar refractivity (Wildman–Crippen MR) is 157 cm³/mol. The zero-order valence-electron chi connectivity index (χ0n) is 23.0. The van der Waals surface area contributed by atoms with E-state index in [4.69, 9.17) is 11.5 Å². The number of terminal acetylenes is 1. The topological polar surface area (TPSA) is 60.7 Å². The zero-order valence-corrected chi connectivity index (χ0v) is 23.0. The Morgan fingerprint density at radius 2 is 1.11 bits per heavy atom. The van der Waals surface area contributed by atoms with Crippen LogP contribution >= 0.6 is 0 Å². The van der Waals surface area contributed by atoms with Crippen LogP contribution in [0.2, 0.25) is 0 Å². The fourth-order valence-electron chi connectivity index (χ4n) is 3.76. The van der Waals surface area contributed by atoms with Gasteiger partial charge < -0.3 is 15.3 Å². The van der Waals surface area contributed by atoms with Crippen molar-refractivity contribution in [3.05, 3.63) is 24.3 Å². The Kier molecular flexibility index (Phi) is 27.9. The average molecular weight is 507 g/mol. The van der Waals surface area contributed by atoms with Crippen molar-refractivity contribution in [3.63, 3.8) is 0 Å². The van der Waals surface area contributed by atoms with E-state index in [-0.39, 0.29) is 6.61 Å². The Bertz CT molecular complexity index is 798. The van der Waals surface area contributed by atoms with Gasteiger partial charge in [0.2, 0.25) is 0 Å². The summed E-state index contributed by atoms with van der Waals surface area (Å²) in [5.41, 5.74) is 0. The Morgan fingerprint density at radius 1 is 0.595 bits per heavy atom. The van der Waals surface area contributed by atoms with Crippen molar-refractivity contribution in [3.8, 4) is 47.9 Å². The van der Waals surface area contributed by atoms with Crippen LogP contribution < -0.4 is 0 Å². The molecule has 0 heterocycles. The van der Waals surface area contributed by atoms with Crippen molar-refractivity contribution in [2.24, 2.45) is 0 Å². The molecule has 3 nitrogen and oxygen atoms in total. The van der Waals surface area contributed by atoms with E-state index in [1.54, 1.807) is 6.08 Å². The van der Waals surface area contributed by atoms with E-state index in [0.29, 0.717) is 6.42 Å². The predicted octanol–water partition coefficient (Wildman–Crippen LogP) is 6.87. The van der Waals surface area contributed by atoms with E-state index < -0.39 is 12.2 Å². The molecular weight excluding hydrogens is 456 g/mol. The molecule has 3 heteroatoms. The molecule has 0 radical (unpaired) electrons. The van der Waals surface area contributed by atoms with E-state index in [0.717, 1.165) is 44.9 Å². The van der Waals surface area contributed by atoms with Crippen molar-refractivity contribution in [2.75, 3.05) is 6.61 Å². The molecule has 0 rings (SSSR count). The van der Waals surface area contributed by atoms with E-state index in [1.165, 1.54) is 70.6 Å². The van der Waals surface area contributed by atoms with Gasteiger partial charge in [-0.05, 0) is 82.1 Å². The molecule has 0 amide bonds. The fourth-order valence-corrected chi connectivity index (χ4v) is 3.76. The summed E-state index contributed by atoms with van der Waals surface area (Å²) in [6, 6.07) is 0. The highest BCUT2D eigenvalue weighted by Gasteiger charge is 1.98. The minimum atomic E-state index is -0.728. The maximum absolute atomic E-state index is 9.70. The monoisotopic (exact) mass is 506 g/mol. The summed E-state index contributed by atoms with van der Waals surface area (Å²) >= 11 is 0. The lowest BCUT2D eigenvalue weighted by atomic mass is 10.1. The van der Waals surface area contributed by atoms with Crippen LogP contribution in [0.1, 0.15) is 122 Å². The first-order chi connectivity index (χ1) is 18.2. The highest BCUT2D eigenvalue weighted by atomic mass is 16.3. The van der Waals surface area contributed by atoms with Crippen molar-refractivity contribution in [1.82, 2.24) is 0 Å². The quantitative estimate of drug-likeness (QED) is 0.0904. The van der Waals surface area contributed by atoms with Gasteiger partial charge in [0.25, 0.3) is 0 Å². The number of allylic oxidation sites excluding steroid dienone is 3. The van der Waals surface area contributed by atoms with E-state index in [2.05, 4.69) is 53.6 Å². The standard InChI is InChI=1S/C34H50O3/c1-2-33(36)29-25-22-20-18-16-14-12-10-8-6-4-3-5-7-9-11-13-15-17-19-21-23-26-30-34(37)31-27-24-28-32-35/h1,3,5,25,29,33-37H,4,6-14,16,18-23,26,30,32H2/b5-3-,29-25+/t33-,34+/m1/s1. The van der Waals surface area contributed by atoms with Crippen LogP contribution in [0.25, 0.3) is 0 Å². The SMILES string of the molecule is C#C[C@@H](O)/C=C/CCCCCCCCCC/C=C\CCCCC#CCCCCC[C@H](O)C#CC#CCO. The van der Waals surface area contributed by atoms with Gasteiger partial charge in [0.15, 0.2) is 0 Å². The Labute approximate surface area is 228 Å². The number of unbranched alkanes of at least 4 members (excludes halogenated alkanes) is 15. The van der Waals surface area contributed by atoms with Gasteiger partial charge >= 0.3 is 0 Å². The van der Waals surface area contributed by atoms with Crippen LogP contribution in [0, 0.1) is 47.9 Å². The van der Waals surface area contributed by atoms with Gasteiger partial charge in [-0.1, -0.05) is 80.9 Å². The maximum atomic E-state index is 9.70. The number of aliphatic hydroxyl groups excluding tert-OH is 3. The molecule has 0 bridgehead atoms. The van der Waals surface area contributed by atoms with Crippen LogP contribution in [-0.2, 0) is 0 Å². The molecule has 0 unspecified atom stereocenters. The molecule has 204 valence electrons. The minimum Gasteiger partial charge on any atom is -0.384 e. The largest absolute Gasteiger partial charge is 0.384 e. The molecule has 2 atom stereocenters. The second-order valence-corrected chi connectivity index (χ2v) is 9.36. The molecule has 0 aliphatic rings. The van der Waals surface area contributed by atoms with Gasteiger partial charge in [-0.25, -0.2) is 0 Å². The second kappa shape index (κ2) is 29.8. The number of hydrogen-bond donors (Lipinski definition) is 3.